The van der Waals surface area contributed by atoms with Crippen molar-refractivity contribution in [3.63, 3.8) is 0 Å². The van der Waals surface area contributed by atoms with Gasteiger partial charge in [-0.2, -0.15) is 0 Å². The van der Waals surface area contributed by atoms with Crippen molar-refractivity contribution < 1.29 is 14.3 Å². The van der Waals surface area contributed by atoms with Crippen LogP contribution in [-0.4, -0.2) is 20.0 Å². The number of hydrogen-bond acceptors (Lipinski definition) is 3. The first-order chi connectivity index (χ1) is 9.97. The van der Waals surface area contributed by atoms with Crippen molar-refractivity contribution in [3.8, 4) is 11.5 Å². The van der Waals surface area contributed by atoms with Gasteiger partial charge in [-0.1, -0.05) is 39.1 Å². The Bertz CT molecular complexity index is 702. The number of halogens is 3. The molecule has 3 nitrogen and oxygen atoms in total. The molecule has 0 radical (unpaired) electrons. The summed E-state index contributed by atoms with van der Waals surface area (Å²) in [5.74, 6) is 0.604. The van der Waals surface area contributed by atoms with E-state index >= 15 is 0 Å². The molecule has 0 aliphatic rings. The topological polar surface area (TPSA) is 35.5 Å². The number of methoxy groups -OCH3 is 2. The summed E-state index contributed by atoms with van der Waals surface area (Å²) in [6.07, 6.45) is 0. The molecule has 2 aromatic carbocycles. The zero-order valence-corrected chi connectivity index (χ0v) is 14.3. The zero-order chi connectivity index (χ0) is 15.6. The van der Waals surface area contributed by atoms with Crippen LogP contribution in [0.1, 0.15) is 15.9 Å². The first-order valence-electron chi connectivity index (χ1n) is 5.89. The van der Waals surface area contributed by atoms with E-state index in [1.807, 2.05) is 0 Å². The number of carbonyl (C=O) groups excluding carboxylic acids is 1. The lowest BCUT2D eigenvalue weighted by Crippen LogP contribution is -2.05. The highest BCUT2D eigenvalue weighted by atomic mass is 79.9. The third kappa shape index (κ3) is 3.34. The average Bonchev–Trinajstić information content (AvgIpc) is 2.48. The number of hydrogen-bond donors (Lipinski definition) is 0. The Morgan fingerprint density at radius 1 is 0.952 bits per heavy atom. The molecule has 2 rings (SSSR count). The molecular weight excluding hydrogens is 379 g/mol. The Hall–Kier alpha value is -1.23. The minimum absolute atomic E-state index is 0.270. The van der Waals surface area contributed by atoms with Gasteiger partial charge in [-0.15, -0.1) is 0 Å². The largest absolute Gasteiger partial charge is 0.496 e. The Morgan fingerprint density at radius 2 is 1.62 bits per heavy atom. The molecule has 0 spiro atoms. The summed E-state index contributed by atoms with van der Waals surface area (Å²) in [5, 5.41) is 0.590. The summed E-state index contributed by atoms with van der Waals surface area (Å²) in [4.78, 5) is 12.6. The molecule has 0 saturated carbocycles. The molecule has 0 heterocycles. The second-order valence-electron chi connectivity index (χ2n) is 4.14. The van der Waals surface area contributed by atoms with Crippen LogP contribution < -0.4 is 9.47 Å². The van der Waals surface area contributed by atoms with Gasteiger partial charge in [0, 0.05) is 16.1 Å². The van der Waals surface area contributed by atoms with Crippen molar-refractivity contribution in [1.29, 1.82) is 0 Å². The molecule has 6 heteroatoms. The van der Waals surface area contributed by atoms with E-state index in [-0.39, 0.29) is 10.8 Å². The van der Waals surface area contributed by atoms with Crippen LogP contribution in [0.5, 0.6) is 11.5 Å². The van der Waals surface area contributed by atoms with Crippen molar-refractivity contribution >= 4 is 44.9 Å². The van der Waals surface area contributed by atoms with Crippen LogP contribution in [0, 0.1) is 0 Å². The molecule has 0 fully saturated rings. The smallest absolute Gasteiger partial charge is 0.198 e. The minimum Gasteiger partial charge on any atom is -0.496 e. The molecule has 2 aromatic rings. The fraction of sp³-hybridized carbons (Fsp3) is 0.133. The van der Waals surface area contributed by atoms with Gasteiger partial charge in [0.1, 0.15) is 11.5 Å². The third-order valence-corrected chi connectivity index (χ3v) is 4.00. The van der Waals surface area contributed by atoms with Crippen LogP contribution in [0.3, 0.4) is 0 Å². The average molecular weight is 390 g/mol. The highest BCUT2D eigenvalue weighted by molar-refractivity contribution is 9.10. The van der Waals surface area contributed by atoms with E-state index in [0.29, 0.717) is 27.6 Å². The van der Waals surface area contributed by atoms with Crippen LogP contribution in [0.25, 0.3) is 0 Å². The van der Waals surface area contributed by atoms with Gasteiger partial charge in [-0.05, 0) is 24.3 Å². The van der Waals surface area contributed by atoms with E-state index in [1.54, 1.807) is 18.2 Å². The summed E-state index contributed by atoms with van der Waals surface area (Å²) in [6.45, 7) is 0. The molecule has 0 amide bonds. The molecule has 0 unspecified atom stereocenters. The van der Waals surface area contributed by atoms with Crippen LogP contribution in [0.2, 0.25) is 10.0 Å². The quantitative estimate of drug-likeness (QED) is 0.690. The van der Waals surface area contributed by atoms with E-state index in [9.17, 15) is 4.79 Å². The molecule has 0 atom stereocenters. The minimum atomic E-state index is -0.270. The SMILES string of the molecule is COc1cc(Cl)c(C(=O)c2ccc(Br)cc2OC)cc1Cl. The standard InChI is InChI=1S/C15H11BrCl2O3/c1-20-13-5-8(16)3-4-9(13)15(19)10-6-12(18)14(21-2)7-11(10)17/h3-7H,1-2H3. The van der Waals surface area contributed by atoms with Crippen molar-refractivity contribution in [2.45, 2.75) is 0 Å². The van der Waals surface area contributed by atoms with E-state index in [4.69, 9.17) is 32.7 Å². The highest BCUT2D eigenvalue weighted by Crippen LogP contribution is 2.34. The Morgan fingerprint density at radius 3 is 2.24 bits per heavy atom. The number of rotatable bonds is 4. The van der Waals surface area contributed by atoms with Gasteiger partial charge in [0.2, 0.25) is 0 Å². The second-order valence-corrected chi connectivity index (χ2v) is 5.87. The zero-order valence-electron chi connectivity index (χ0n) is 11.2. The van der Waals surface area contributed by atoms with Gasteiger partial charge in [0.05, 0.1) is 29.8 Å². The van der Waals surface area contributed by atoms with Gasteiger partial charge in [-0.3, -0.25) is 4.79 Å². The Kier molecular flexibility index (Phi) is 5.14. The van der Waals surface area contributed by atoms with Crippen LogP contribution >= 0.6 is 39.1 Å². The lowest BCUT2D eigenvalue weighted by atomic mass is 10.0. The van der Waals surface area contributed by atoms with Crippen molar-refractivity contribution in [2.75, 3.05) is 14.2 Å². The first-order valence-corrected chi connectivity index (χ1v) is 7.44. The van der Waals surface area contributed by atoms with Gasteiger partial charge in [-0.25, -0.2) is 0 Å². The van der Waals surface area contributed by atoms with Gasteiger partial charge >= 0.3 is 0 Å². The van der Waals surface area contributed by atoms with Crippen molar-refractivity contribution in [1.82, 2.24) is 0 Å². The Balaban J connectivity index is 2.52. The highest BCUT2D eigenvalue weighted by Gasteiger charge is 2.19. The van der Waals surface area contributed by atoms with Crippen molar-refractivity contribution in [3.05, 3.63) is 56.0 Å². The number of benzene rings is 2. The summed E-state index contributed by atoms with van der Waals surface area (Å²) in [5.41, 5.74) is 0.701. The van der Waals surface area contributed by atoms with Crippen LogP contribution in [0.15, 0.2) is 34.8 Å². The monoisotopic (exact) mass is 388 g/mol. The van der Waals surface area contributed by atoms with E-state index in [0.717, 1.165) is 4.47 Å². The lowest BCUT2D eigenvalue weighted by molar-refractivity contribution is 0.103. The van der Waals surface area contributed by atoms with Crippen molar-refractivity contribution in [2.24, 2.45) is 0 Å². The van der Waals surface area contributed by atoms with Gasteiger partial charge < -0.3 is 9.47 Å². The molecule has 0 aliphatic carbocycles. The molecule has 0 aromatic heterocycles. The maximum Gasteiger partial charge on any atom is 0.198 e. The molecular formula is C15H11BrCl2O3. The molecule has 0 saturated heterocycles. The normalized spacial score (nSPS) is 10.3. The van der Waals surface area contributed by atoms with Gasteiger partial charge in [0.25, 0.3) is 0 Å². The van der Waals surface area contributed by atoms with E-state index in [2.05, 4.69) is 15.9 Å². The molecule has 21 heavy (non-hydrogen) atoms. The van der Waals surface area contributed by atoms with E-state index < -0.39 is 0 Å². The van der Waals surface area contributed by atoms with Crippen LogP contribution in [-0.2, 0) is 0 Å². The molecule has 0 bridgehead atoms. The fourth-order valence-electron chi connectivity index (χ4n) is 1.86. The predicted octanol–water partition coefficient (Wildman–Crippen LogP) is 5.00. The lowest BCUT2D eigenvalue weighted by Gasteiger charge is -2.11. The summed E-state index contributed by atoms with van der Waals surface area (Å²) >= 11 is 15.5. The Labute approximate surface area is 140 Å². The number of ketones is 1. The fourth-order valence-corrected chi connectivity index (χ4v) is 2.68. The molecule has 0 N–H and O–H groups in total. The number of carbonyl (C=O) groups is 1. The summed E-state index contributed by atoms with van der Waals surface area (Å²) in [6, 6.07) is 8.15. The predicted molar refractivity (Wildman–Crippen MR) is 87.1 cm³/mol. The third-order valence-electron chi connectivity index (χ3n) is 2.89. The maximum atomic E-state index is 12.6. The first kappa shape index (κ1) is 16.1. The number of ether oxygens (including phenoxy) is 2. The van der Waals surface area contributed by atoms with Crippen LogP contribution in [0.4, 0.5) is 0 Å². The second kappa shape index (κ2) is 6.69. The molecule has 0 aliphatic heterocycles. The maximum absolute atomic E-state index is 12.6. The van der Waals surface area contributed by atoms with Gasteiger partial charge in [0.15, 0.2) is 5.78 Å². The summed E-state index contributed by atoms with van der Waals surface area (Å²) in [7, 11) is 2.98. The molecule has 110 valence electrons. The summed E-state index contributed by atoms with van der Waals surface area (Å²) < 4.78 is 11.1. The van der Waals surface area contributed by atoms with E-state index in [1.165, 1.54) is 26.4 Å².